The van der Waals surface area contributed by atoms with E-state index in [-0.39, 0.29) is 29.3 Å². The number of thioether (sulfide) groups is 1. The Hall–Kier alpha value is -2.76. The first kappa shape index (κ1) is 39.4. The van der Waals surface area contributed by atoms with Crippen molar-refractivity contribution in [3.05, 3.63) is 45.8 Å². The largest absolute Gasteiger partial charge is 1.00 e. The standard InChI is InChI=1S/C25H38N4O15S.ClH/c1-26-13(8-28(39)40)27-6-7-45-10-12-5-4-11(41-12)9-29(2,3)22-18(34)14(30)17(33)21(42-22)24(38)44-25-19(35)15(31)16(32)20(43-25)23(36)37;/h4-5,8,14-22,25-27,30-35H,6-7,9-10H2,1-3H3;1H. The molecule has 0 bridgehead atoms. The van der Waals surface area contributed by atoms with Crippen molar-refractivity contribution in [2.45, 2.75) is 73.6 Å². The zero-order chi connectivity index (χ0) is 33.6. The van der Waals surface area contributed by atoms with Crippen molar-refractivity contribution in [3.8, 4) is 0 Å². The van der Waals surface area contributed by atoms with Gasteiger partial charge >= 0.3 is 11.9 Å². The van der Waals surface area contributed by atoms with Crippen molar-refractivity contribution in [3.63, 3.8) is 0 Å². The number of furan rings is 1. The quantitative estimate of drug-likeness (QED) is 0.0286. The van der Waals surface area contributed by atoms with Gasteiger partial charge in [0.25, 0.3) is 6.20 Å². The minimum absolute atomic E-state index is 0. The molecule has 10 unspecified atom stereocenters. The number of rotatable bonds is 14. The van der Waals surface area contributed by atoms with E-state index in [1.807, 2.05) is 0 Å². The molecule has 0 saturated carbocycles. The van der Waals surface area contributed by atoms with E-state index in [0.29, 0.717) is 29.6 Å². The minimum atomic E-state index is -2.07. The SMILES string of the molecule is CNC(=C[N+](=O)[O-])NCCSCc1ccc(C[N+](C)(C)C2OC(C(=O)OC3OC(C(=O)O)C(O)C(O)C3O)C(O)C(O)C2O)o1.[Cl-]. The van der Waals surface area contributed by atoms with Gasteiger partial charge in [-0.3, -0.25) is 14.6 Å². The Bertz CT molecular complexity index is 1220. The summed E-state index contributed by atoms with van der Waals surface area (Å²) in [6, 6.07) is 3.43. The molecule has 2 saturated heterocycles. The summed E-state index contributed by atoms with van der Waals surface area (Å²) in [5.41, 5.74) is 0. The van der Waals surface area contributed by atoms with Crippen LogP contribution in [0.3, 0.4) is 0 Å². The number of halogens is 1. The van der Waals surface area contributed by atoms with Crippen LogP contribution in [0.4, 0.5) is 0 Å². The van der Waals surface area contributed by atoms with E-state index in [4.69, 9.17) is 18.6 Å². The van der Waals surface area contributed by atoms with E-state index in [0.717, 1.165) is 6.20 Å². The molecule has 46 heavy (non-hydrogen) atoms. The van der Waals surface area contributed by atoms with Gasteiger partial charge in [0.15, 0.2) is 29.9 Å². The maximum atomic E-state index is 13.0. The molecule has 1 aromatic rings. The molecule has 2 aliphatic heterocycles. The molecule has 0 spiro atoms. The van der Waals surface area contributed by atoms with Gasteiger partial charge in [-0.25, -0.2) is 9.59 Å². The van der Waals surface area contributed by atoms with E-state index in [1.165, 1.54) is 11.8 Å². The molecule has 0 amide bonds. The zero-order valence-electron chi connectivity index (χ0n) is 24.9. The number of carboxylic acid groups (broad SMARTS) is 1. The Balaban J connectivity index is 0.00000736. The number of aliphatic hydroxyl groups excluding tert-OH is 6. The second kappa shape index (κ2) is 16.9. The van der Waals surface area contributed by atoms with Crippen molar-refractivity contribution >= 4 is 23.7 Å². The number of nitrogens with one attached hydrogen (secondary N) is 2. The van der Waals surface area contributed by atoms with Crippen LogP contribution in [0.1, 0.15) is 11.5 Å². The monoisotopic (exact) mass is 702 g/mol. The predicted molar refractivity (Wildman–Crippen MR) is 150 cm³/mol. The van der Waals surface area contributed by atoms with Gasteiger partial charge in [-0.05, 0) is 12.1 Å². The van der Waals surface area contributed by atoms with Gasteiger partial charge in [-0.1, -0.05) is 0 Å². The first-order valence-electron chi connectivity index (χ1n) is 13.6. The Kier molecular flexibility index (Phi) is 14.5. The number of ether oxygens (including phenoxy) is 3. The van der Waals surface area contributed by atoms with E-state index in [2.05, 4.69) is 10.6 Å². The second-order valence-corrected chi connectivity index (χ2v) is 12.1. The number of carbonyl (C=O) groups excluding carboxylic acids is 1. The highest BCUT2D eigenvalue weighted by Gasteiger charge is 2.55. The summed E-state index contributed by atoms with van der Waals surface area (Å²) < 4.78 is 21.3. The Labute approximate surface area is 272 Å². The molecule has 21 heteroatoms. The third-order valence-corrected chi connectivity index (χ3v) is 8.13. The lowest BCUT2D eigenvalue weighted by Crippen LogP contribution is -3.00. The average Bonchev–Trinajstić information content (AvgIpc) is 3.40. The number of carbonyl (C=O) groups is 2. The molecular formula is C25H39ClN4O15S. The fourth-order valence-corrected chi connectivity index (χ4v) is 5.52. The highest BCUT2D eigenvalue weighted by atomic mass is 35.5. The summed E-state index contributed by atoms with van der Waals surface area (Å²) in [7, 11) is 4.76. The molecule has 2 aliphatic rings. The molecule has 9 N–H and O–H groups in total. The molecule has 1 aromatic heterocycles. The van der Waals surface area contributed by atoms with E-state index < -0.39 is 78.2 Å². The fourth-order valence-electron chi connectivity index (χ4n) is 4.78. The molecule has 10 atom stereocenters. The lowest BCUT2D eigenvalue weighted by atomic mass is 9.96. The number of aliphatic hydroxyl groups is 6. The number of aliphatic carboxylic acids is 1. The lowest BCUT2D eigenvalue weighted by Gasteiger charge is -2.46. The summed E-state index contributed by atoms with van der Waals surface area (Å²) in [6.45, 7) is 0.538. The Morgan fingerprint density at radius 2 is 1.61 bits per heavy atom. The van der Waals surface area contributed by atoms with E-state index in [9.17, 15) is 55.4 Å². The van der Waals surface area contributed by atoms with Gasteiger partial charge in [0.2, 0.25) is 12.5 Å². The number of nitrogens with zero attached hydrogens (tertiary/aromatic N) is 2. The first-order valence-corrected chi connectivity index (χ1v) is 14.8. The van der Waals surface area contributed by atoms with Crippen LogP contribution >= 0.6 is 11.8 Å². The van der Waals surface area contributed by atoms with Gasteiger partial charge in [0, 0.05) is 19.3 Å². The minimum Gasteiger partial charge on any atom is -1.00 e. The zero-order valence-corrected chi connectivity index (χ0v) is 26.5. The number of carboxylic acids is 1. The molecular weight excluding hydrogens is 664 g/mol. The molecule has 0 aromatic carbocycles. The third-order valence-electron chi connectivity index (χ3n) is 7.15. The van der Waals surface area contributed by atoms with Gasteiger partial charge < -0.3 is 77.4 Å². The third kappa shape index (κ3) is 9.64. The van der Waals surface area contributed by atoms with Crippen LogP contribution in [0.25, 0.3) is 0 Å². The summed E-state index contributed by atoms with van der Waals surface area (Å²) in [6.07, 6.45) is -18.3. The number of quaternary nitrogens is 1. The highest BCUT2D eigenvalue weighted by Crippen LogP contribution is 2.31. The van der Waals surface area contributed by atoms with E-state index >= 15 is 0 Å². The summed E-state index contributed by atoms with van der Waals surface area (Å²) in [4.78, 5) is 34.3. The summed E-state index contributed by atoms with van der Waals surface area (Å²) >= 11 is 1.50. The van der Waals surface area contributed by atoms with Crippen LogP contribution in [0.15, 0.2) is 28.6 Å². The number of hydrogen-bond acceptors (Lipinski definition) is 17. The molecule has 2 fully saturated rings. The van der Waals surface area contributed by atoms with Crippen LogP contribution in [0.2, 0.25) is 0 Å². The van der Waals surface area contributed by atoms with Gasteiger partial charge in [0.1, 0.15) is 42.8 Å². The van der Waals surface area contributed by atoms with Gasteiger partial charge in [-0.2, -0.15) is 11.8 Å². The van der Waals surface area contributed by atoms with Crippen molar-refractivity contribution in [1.29, 1.82) is 0 Å². The van der Waals surface area contributed by atoms with Crippen LogP contribution < -0.4 is 23.0 Å². The average molecular weight is 703 g/mol. The topological polar surface area (TPSA) is 284 Å². The van der Waals surface area contributed by atoms with Crippen molar-refractivity contribution in [1.82, 2.24) is 10.6 Å². The molecule has 3 rings (SSSR count). The second-order valence-electron chi connectivity index (χ2n) is 11.0. The van der Waals surface area contributed by atoms with Crippen LogP contribution in [0, 0.1) is 10.1 Å². The maximum Gasteiger partial charge on any atom is 0.340 e. The molecule has 3 heterocycles. The normalized spacial score (nSPS) is 31.8. The molecule has 262 valence electrons. The maximum absolute atomic E-state index is 13.0. The van der Waals surface area contributed by atoms with Crippen LogP contribution in [-0.4, -0.2) is 152 Å². The van der Waals surface area contributed by atoms with Crippen LogP contribution in [0.5, 0.6) is 0 Å². The summed E-state index contributed by atoms with van der Waals surface area (Å²) in [5.74, 6) is -0.680. The molecule has 0 aliphatic carbocycles. The van der Waals surface area contributed by atoms with Gasteiger partial charge in [-0.15, -0.1) is 0 Å². The molecule has 19 nitrogen and oxygen atoms in total. The number of hydrogen-bond donors (Lipinski definition) is 9. The number of likely N-dealkylation sites (N-methyl/N-ethyl adjacent to an activating group) is 1. The number of esters is 1. The predicted octanol–water partition coefficient (Wildman–Crippen LogP) is -6.78. The van der Waals surface area contributed by atoms with Gasteiger partial charge in [0.05, 0.1) is 24.8 Å². The van der Waals surface area contributed by atoms with E-state index in [1.54, 1.807) is 33.3 Å². The summed E-state index contributed by atoms with van der Waals surface area (Å²) in [5, 5.41) is 87.1. The van der Waals surface area contributed by atoms with Crippen molar-refractivity contribution in [2.75, 3.05) is 33.4 Å². The van der Waals surface area contributed by atoms with Crippen molar-refractivity contribution in [2.24, 2.45) is 0 Å². The van der Waals surface area contributed by atoms with Crippen LogP contribution in [-0.2, 0) is 36.1 Å². The smallest absolute Gasteiger partial charge is 0.340 e. The lowest BCUT2D eigenvalue weighted by molar-refractivity contribution is -0.957. The Morgan fingerprint density at radius 3 is 2.22 bits per heavy atom. The first-order chi connectivity index (χ1) is 21.1. The fraction of sp³-hybridized carbons (Fsp3) is 0.680. The van der Waals surface area contributed by atoms with Crippen molar-refractivity contribution < 1.29 is 85.8 Å². The highest BCUT2D eigenvalue weighted by molar-refractivity contribution is 7.98. The number of nitro groups is 1. The Morgan fingerprint density at radius 1 is 1.00 bits per heavy atom. The molecule has 0 radical (unpaired) electrons.